The van der Waals surface area contributed by atoms with Crippen LogP contribution >= 0.6 is 0 Å². The van der Waals surface area contributed by atoms with Crippen LogP contribution < -0.4 is 0 Å². The first kappa shape index (κ1) is 12.5. The van der Waals surface area contributed by atoms with E-state index in [2.05, 4.69) is 70.5 Å². The van der Waals surface area contributed by atoms with E-state index in [1.165, 1.54) is 33.4 Å². The molecule has 0 fully saturated rings. The fraction of sp³-hybridized carbons (Fsp3) is 0.316. The summed E-state index contributed by atoms with van der Waals surface area (Å²) in [4.78, 5) is 0. The van der Waals surface area contributed by atoms with Gasteiger partial charge in [-0.15, -0.1) is 0 Å². The molecule has 3 rings (SSSR count). The van der Waals surface area contributed by atoms with Gasteiger partial charge in [-0.1, -0.05) is 64.1 Å². The van der Waals surface area contributed by atoms with Gasteiger partial charge in [-0.2, -0.15) is 0 Å². The summed E-state index contributed by atoms with van der Waals surface area (Å²) in [6.07, 6.45) is 2.34. The summed E-state index contributed by atoms with van der Waals surface area (Å²) in [5.74, 6) is 1.18. The lowest BCUT2D eigenvalue weighted by atomic mass is 9.96. The Morgan fingerprint density at radius 3 is 1.42 bits per heavy atom. The van der Waals surface area contributed by atoms with E-state index in [9.17, 15) is 0 Å². The molecular formula is C19H21. The number of hydrogen-bond donors (Lipinski definition) is 0. The molecule has 0 amide bonds. The highest BCUT2D eigenvalue weighted by atomic mass is 14.2. The van der Waals surface area contributed by atoms with Crippen LogP contribution in [0, 0.1) is 6.42 Å². The summed E-state index contributed by atoms with van der Waals surface area (Å²) in [6.45, 7) is 9.00. The third-order valence-electron chi connectivity index (χ3n) is 4.09. The van der Waals surface area contributed by atoms with Crippen LogP contribution in [-0.2, 0) is 0 Å². The second-order valence-corrected chi connectivity index (χ2v) is 6.15. The molecule has 0 unspecified atom stereocenters. The maximum absolute atomic E-state index is 2.34. The molecule has 1 radical (unpaired) electrons. The molecule has 0 nitrogen and oxygen atoms in total. The third kappa shape index (κ3) is 2.10. The van der Waals surface area contributed by atoms with Crippen LogP contribution in [0.3, 0.4) is 0 Å². The van der Waals surface area contributed by atoms with Gasteiger partial charge in [0.25, 0.3) is 0 Å². The van der Waals surface area contributed by atoms with E-state index in [1.54, 1.807) is 0 Å². The average molecular weight is 249 g/mol. The molecule has 2 aromatic carbocycles. The molecule has 0 heterocycles. The summed E-state index contributed by atoms with van der Waals surface area (Å²) < 4.78 is 0. The highest BCUT2D eigenvalue weighted by Crippen LogP contribution is 2.40. The minimum atomic E-state index is 0.591. The first-order valence-corrected chi connectivity index (χ1v) is 7.19. The van der Waals surface area contributed by atoms with Crippen molar-refractivity contribution >= 4 is 0 Å². The van der Waals surface area contributed by atoms with Crippen molar-refractivity contribution in [3.8, 4) is 11.1 Å². The molecule has 0 aliphatic heterocycles. The van der Waals surface area contributed by atoms with Crippen molar-refractivity contribution in [3.05, 3.63) is 65.1 Å². The van der Waals surface area contributed by atoms with Crippen LogP contribution in [0.5, 0.6) is 0 Å². The number of benzene rings is 2. The minimum Gasteiger partial charge on any atom is -0.0587 e. The van der Waals surface area contributed by atoms with Crippen molar-refractivity contribution in [2.24, 2.45) is 0 Å². The standard InChI is InChI=1S/C19H21/c1-12(2)14-5-7-18-16(9-14)11-17-10-15(13(3)4)6-8-19(17)18/h5-13H,1-4H3. The topological polar surface area (TPSA) is 0 Å². The van der Waals surface area contributed by atoms with Crippen LogP contribution in [0.25, 0.3) is 11.1 Å². The Balaban J connectivity index is 2.05. The Morgan fingerprint density at radius 1 is 0.632 bits per heavy atom. The monoisotopic (exact) mass is 249 g/mol. The van der Waals surface area contributed by atoms with Gasteiger partial charge in [-0.05, 0) is 45.2 Å². The average Bonchev–Trinajstić information content (AvgIpc) is 2.74. The van der Waals surface area contributed by atoms with Crippen molar-refractivity contribution in [3.63, 3.8) is 0 Å². The number of fused-ring (bicyclic) bond motifs is 3. The van der Waals surface area contributed by atoms with Gasteiger partial charge >= 0.3 is 0 Å². The Kier molecular flexibility index (Phi) is 2.97. The van der Waals surface area contributed by atoms with Gasteiger partial charge in [0.15, 0.2) is 0 Å². The molecule has 0 aromatic heterocycles. The first-order chi connectivity index (χ1) is 9.06. The molecule has 0 spiro atoms. The van der Waals surface area contributed by atoms with Crippen LogP contribution in [-0.4, -0.2) is 0 Å². The SMILES string of the molecule is CC(C)c1ccc2c(c1)[CH]c1cc(C(C)C)ccc1-2. The Labute approximate surface area is 116 Å². The highest BCUT2D eigenvalue weighted by Gasteiger charge is 2.20. The lowest BCUT2D eigenvalue weighted by Crippen LogP contribution is -1.88. The maximum Gasteiger partial charge on any atom is 0.0212 e. The fourth-order valence-electron chi connectivity index (χ4n) is 2.78. The smallest absolute Gasteiger partial charge is 0.0212 e. The Hall–Kier alpha value is -1.56. The molecule has 1 aliphatic rings. The molecule has 0 N–H and O–H groups in total. The minimum absolute atomic E-state index is 0.591. The second-order valence-electron chi connectivity index (χ2n) is 6.15. The van der Waals surface area contributed by atoms with Crippen LogP contribution in [0.15, 0.2) is 36.4 Å². The van der Waals surface area contributed by atoms with Gasteiger partial charge in [-0.25, -0.2) is 0 Å². The molecule has 19 heavy (non-hydrogen) atoms. The van der Waals surface area contributed by atoms with Gasteiger partial charge < -0.3 is 0 Å². The number of rotatable bonds is 2. The van der Waals surface area contributed by atoms with E-state index >= 15 is 0 Å². The summed E-state index contributed by atoms with van der Waals surface area (Å²) in [5.41, 5.74) is 8.37. The van der Waals surface area contributed by atoms with E-state index in [1.807, 2.05) is 0 Å². The Bertz CT molecular complexity index is 562. The van der Waals surface area contributed by atoms with E-state index < -0.39 is 0 Å². The van der Waals surface area contributed by atoms with Crippen molar-refractivity contribution < 1.29 is 0 Å². The molecule has 0 saturated heterocycles. The zero-order valence-corrected chi connectivity index (χ0v) is 12.2. The van der Waals surface area contributed by atoms with E-state index in [-0.39, 0.29) is 0 Å². The largest absolute Gasteiger partial charge is 0.0587 e. The molecule has 97 valence electrons. The summed E-state index contributed by atoms with van der Waals surface area (Å²) in [7, 11) is 0. The summed E-state index contributed by atoms with van der Waals surface area (Å²) in [5, 5.41) is 0. The lowest BCUT2D eigenvalue weighted by molar-refractivity contribution is 0.865. The van der Waals surface area contributed by atoms with Crippen LogP contribution in [0.1, 0.15) is 61.8 Å². The molecule has 0 heteroatoms. The van der Waals surface area contributed by atoms with Gasteiger partial charge in [0, 0.05) is 6.42 Å². The van der Waals surface area contributed by atoms with Gasteiger partial charge in [-0.3, -0.25) is 0 Å². The van der Waals surface area contributed by atoms with E-state index in [4.69, 9.17) is 0 Å². The van der Waals surface area contributed by atoms with Gasteiger partial charge in [0.1, 0.15) is 0 Å². The molecule has 0 atom stereocenters. The predicted molar refractivity (Wildman–Crippen MR) is 82.6 cm³/mol. The van der Waals surface area contributed by atoms with Gasteiger partial charge in [0.2, 0.25) is 0 Å². The third-order valence-corrected chi connectivity index (χ3v) is 4.09. The van der Waals surface area contributed by atoms with Crippen LogP contribution in [0.4, 0.5) is 0 Å². The zero-order valence-electron chi connectivity index (χ0n) is 12.2. The van der Waals surface area contributed by atoms with Gasteiger partial charge in [0.05, 0.1) is 0 Å². The normalized spacial score (nSPS) is 12.9. The number of hydrogen-bond acceptors (Lipinski definition) is 0. The van der Waals surface area contributed by atoms with Crippen molar-refractivity contribution in [2.75, 3.05) is 0 Å². The predicted octanol–water partition coefficient (Wildman–Crippen LogP) is 5.51. The van der Waals surface area contributed by atoms with Crippen LogP contribution in [0.2, 0.25) is 0 Å². The first-order valence-electron chi connectivity index (χ1n) is 7.19. The van der Waals surface area contributed by atoms with Crippen molar-refractivity contribution in [1.82, 2.24) is 0 Å². The lowest BCUT2D eigenvalue weighted by Gasteiger charge is -2.09. The molecule has 0 saturated carbocycles. The van der Waals surface area contributed by atoms with E-state index in [0.29, 0.717) is 11.8 Å². The van der Waals surface area contributed by atoms with Crippen molar-refractivity contribution in [1.29, 1.82) is 0 Å². The second kappa shape index (κ2) is 4.52. The highest BCUT2D eigenvalue weighted by molar-refractivity contribution is 5.81. The quantitative estimate of drug-likeness (QED) is 0.561. The molecular weight excluding hydrogens is 228 g/mol. The maximum atomic E-state index is 2.34. The van der Waals surface area contributed by atoms with Crippen molar-refractivity contribution in [2.45, 2.75) is 39.5 Å². The molecule has 2 aromatic rings. The van der Waals surface area contributed by atoms with E-state index in [0.717, 1.165) is 0 Å². The molecule has 0 bridgehead atoms. The summed E-state index contributed by atoms with van der Waals surface area (Å²) in [6, 6.07) is 13.8. The summed E-state index contributed by atoms with van der Waals surface area (Å²) >= 11 is 0. The zero-order chi connectivity index (χ0) is 13.6. The Morgan fingerprint density at radius 2 is 1.05 bits per heavy atom. The molecule has 1 aliphatic carbocycles. The fourth-order valence-corrected chi connectivity index (χ4v) is 2.78.